The van der Waals surface area contributed by atoms with Gasteiger partial charge in [-0.15, -0.1) is 11.6 Å². The van der Waals surface area contributed by atoms with Crippen molar-refractivity contribution in [3.05, 3.63) is 76.3 Å². The summed E-state index contributed by atoms with van der Waals surface area (Å²) in [4.78, 5) is 4.31. The van der Waals surface area contributed by atoms with Gasteiger partial charge in [-0.2, -0.15) is 10.2 Å². The summed E-state index contributed by atoms with van der Waals surface area (Å²) in [5.74, 6) is 4.22. The summed E-state index contributed by atoms with van der Waals surface area (Å²) in [5.41, 5.74) is 5.10. The van der Waals surface area contributed by atoms with Crippen molar-refractivity contribution in [2.24, 2.45) is 0 Å². The molecule has 1 unspecified atom stereocenters. The number of anilines is 1. The van der Waals surface area contributed by atoms with Gasteiger partial charge >= 0.3 is 6.01 Å². The molecule has 0 fully saturated rings. The third kappa shape index (κ3) is 5.46. The fourth-order valence-corrected chi connectivity index (χ4v) is 4.71. The molecule has 186 valence electrons. The maximum Gasteiger partial charge on any atom is 0.307 e. The summed E-state index contributed by atoms with van der Waals surface area (Å²) in [6.07, 6.45) is 1.48. The molecule has 9 heteroatoms. The summed E-state index contributed by atoms with van der Waals surface area (Å²) in [6, 6.07) is 19.9. The number of hydrogen-bond acceptors (Lipinski definition) is 5. The van der Waals surface area contributed by atoms with E-state index in [0.29, 0.717) is 33.3 Å². The number of alkyl halides is 1. The highest BCUT2D eigenvalue weighted by molar-refractivity contribution is 8.00. The van der Waals surface area contributed by atoms with Crippen LogP contribution in [0.4, 0.5) is 6.01 Å². The van der Waals surface area contributed by atoms with Crippen molar-refractivity contribution < 1.29 is 13.4 Å². The molecule has 0 aliphatic heterocycles. The highest BCUT2D eigenvalue weighted by Crippen LogP contribution is 2.39. The molecule has 0 aliphatic rings. The van der Waals surface area contributed by atoms with Crippen molar-refractivity contribution in [1.82, 2.24) is 4.98 Å². The Morgan fingerprint density at radius 2 is 1.83 bits per heavy atom. The number of rotatable bonds is 8. The monoisotopic (exact) mass is 541 g/mol. The van der Waals surface area contributed by atoms with Gasteiger partial charge in [0.1, 0.15) is 18.2 Å². The van der Waals surface area contributed by atoms with Gasteiger partial charge in [-0.25, -0.2) is 4.21 Å². The van der Waals surface area contributed by atoms with Gasteiger partial charge < -0.3 is 9.15 Å². The number of nitrogens with one attached hydrogen (secondary N) is 1. The number of fused-ring (bicyclic) bond motifs is 1. The molecule has 0 saturated heterocycles. The minimum Gasteiger partial charge on any atom is -0.489 e. The quantitative estimate of drug-likeness (QED) is 0.199. The van der Waals surface area contributed by atoms with Gasteiger partial charge in [-0.1, -0.05) is 55.8 Å². The maximum absolute atomic E-state index is 11.9. The van der Waals surface area contributed by atoms with Crippen LogP contribution in [-0.2, 0) is 15.1 Å². The van der Waals surface area contributed by atoms with Crippen LogP contribution in [0.15, 0.2) is 59.0 Å². The lowest BCUT2D eigenvalue weighted by atomic mass is 9.77. The van der Waals surface area contributed by atoms with Crippen molar-refractivity contribution in [3.8, 4) is 22.9 Å². The Balaban J connectivity index is 1.63. The maximum atomic E-state index is 11.9. The SMILES string of the molecule is C=S(C)(=O)Nc1nc2ccc(-c3ccc(C(C)(C)c4cc(Cl)c(OCCCl)c(C#N)c4)cc3)cc2o1. The van der Waals surface area contributed by atoms with E-state index in [4.69, 9.17) is 32.4 Å². The first-order chi connectivity index (χ1) is 17.0. The van der Waals surface area contributed by atoms with Crippen LogP contribution >= 0.6 is 23.2 Å². The Hall–Kier alpha value is -3.18. The molecule has 4 rings (SSSR count). The molecule has 1 heterocycles. The van der Waals surface area contributed by atoms with Crippen molar-refractivity contribution in [3.63, 3.8) is 0 Å². The average molecular weight is 542 g/mol. The first-order valence-electron chi connectivity index (χ1n) is 11.1. The van der Waals surface area contributed by atoms with Gasteiger partial charge in [0.25, 0.3) is 0 Å². The molecule has 1 atom stereocenters. The number of nitriles is 1. The number of halogens is 2. The van der Waals surface area contributed by atoms with Gasteiger partial charge in [0.2, 0.25) is 0 Å². The zero-order valence-electron chi connectivity index (χ0n) is 20.1. The second-order valence-electron chi connectivity index (χ2n) is 8.99. The molecular formula is C27H25Cl2N3O3S. The van der Waals surface area contributed by atoms with Crippen LogP contribution in [-0.4, -0.2) is 33.8 Å². The molecule has 36 heavy (non-hydrogen) atoms. The van der Waals surface area contributed by atoms with Gasteiger partial charge in [-0.05, 0) is 52.4 Å². The molecule has 4 aromatic rings. The standard InChI is InChI=1S/C27H25Cl2N3O3S/c1-27(2,21-13-19(16-30)25(22(29)15-21)34-12-11-28)20-8-5-17(6-9-20)18-7-10-23-24(14-18)35-26(31-23)32-36(3,4)33/h5-10,13-15H,3,11-12H2,1-2,4H3,(H,31,32,33). The average Bonchev–Trinajstić information content (AvgIpc) is 3.22. The number of aromatic nitrogens is 1. The van der Waals surface area contributed by atoms with Crippen LogP contribution in [0.3, 0.4) is 0 Å². The smallest absolute Gasteiger partial charge is 0.307 e. The third-order valence-corrected chi connectivity index (χ3v) is 6.88. The number of nitrogens with zero attached hydrogens (tertiary/aromatic N) is 2. The molecule has 0 saturated carbocycles. The molecular weight excluding hydrogens is 517 g/mol. The summed E-state index contributed by atoms with van der Waals surface area (Å²) >= 11 is 12.2. The van der Waals surface area contributed by atoms with Gasteiger partial charge in [-0.3, -0.25) is 4.72 Å². The summed E-state index contributed by atoms with van der Waals surface area (Å²) in [6.45, 7) is 4.43. The van der Waals surface area contributed by atoms with Gasteiger partial charge in [0, 0.05) is 21.4 Å². The Labute approximate surface area is 221 Å². The van der Waals surface area contributed by atoms with E-state index in [9.17, 15) is 9.47 Å². The highest BCUT2D eigenvalue weighted by atomic mass is 35.5. The lowest BCUT2D eigenvalue weighted by Crippen LogP contribution is -2.19. The van der Waals surface area contributed by atoms with Crippen LogP contribution in [0.2, 0.25) is 5.02 Å². The van der Waals surface area contributed by atoms with E-state index in [0.717, 1.165) is 22.3 Å². The second kappa shape index (κ2) is 10.1. The number of ether oxygens (including phenoxy) is 1. The number of benzene rings is 3. The second-order valence-corrected chi connectivity index (χ2v) is 12.0. The van der Waals surface area contributed by atoms with Crippen LogP contribution in [0, 0.1) is 11.3 Å². The van der Waals surface area contributed by atoms with Crippen molar-refractivity contribution in [1.29, 1.82) is 5.26 Å². The fraction of sp³-hybridized carbons (Fsp3) is 0.222. The van der Waals surface area contributed by atoms with E-state index in [-0.39, 0.29) is 12.6 Å². The van der Waals surface area contributed by atoms with Gasteiger partial charge in [0.15, 0.2) is 11.3 Å². The molecule has 0 aliphatic carbocycles. The minimum atomic E-state index is -2.49. The lowest BCUT2D eigenvalue weighted by molar-refractivity contribution is 0.341. The Bertz CT molecular complexity index is 1570. The lowest BCUT2D eigenvalue weighted by Gasteiger charge is -2.27. The Kier molecular flexibility index (Phi) is 7.24. The van der Waals surface area contributed by atoms with Crippen LogP contribution < -0.4 is 9.46 Å². The molecule has 0 amide bonds. The first kappa shape index (κ1) is 25.9. The van der Waals surface area contributed by atoms with Crippen molar-refractivity contribution >= 4 is 55.9 Å². The predicted octanol–water partition coefficient (Wildman–Crippen LogP) is 6.64. The molecule has 1 aromatic heterocycles. The fourth-order valence-electron chi connectivity index (χ4n) is 3.90. The zero-order chi connectivity index (χ0) is 26.1. The Morgan fingerprint density at radius 1 is 1.14 bits per heavy atom. The largest absolute Gasteiger partial charge is 0.489 e. The molecule has 6 nitrogen and oxygen atoms in total. The topological polar surface area (TPSA) is 88.1 Å². The first-order valence-corrected chi connectivity index (χ1v) is 14.1. The normalized spacial score (nSPS) is 13.2. The van der Waals surface area contributed by atoms with Crippen LogP contribution in [0.25, 0.3) is 22.2 Å². The van der Waals surface area contributed by atoms with E-state index >= 15 is 0 Å². The molecule has 0 radical (unpaired) electrons. The molecule has 0 bridgehead atoms. The van der Waals surface area contributed by atoms with Crippen molar-refractivity contribution in [2.45, 2.75) is 19.3 Å². The number of oxazole rings is 1. The molecule has 3 aromatic carbocycles. The zero-order valence-corrected chi connectivity index (χ0v) is 22.4. The van der Waals surface area contributed by atoms with E-state index < -0.39 is 15.1 Å². The number of hydrogen-bond donors (Lipinski definition) is 1. The predicted molar refractivity (Wildman–Crippen MR) is 149 cm³/mol. The summed E-state index contributed by atoms with van der Waals surface area (Å²) < 4.78 is 25.9. The highest BCUT2D eigenvalue weighted by Gasteiger charge is 2.26. The summed E-state index contributed by atoms with van der Waals surface area (Å²) in [7, 11) is -2.49. The van der Waals surface area contributed by atoms with E-state index in [1.165, 1.54) is 6.26 Å². The van der Waals surface area contributed by atoms with Gasteiger partial charge in [0.05, 0.1) is 16.5 Å². The third-order valence-electron chi connectivity index (χ3n) is 5.84. The Morgan fingerprint density at radius 3 is 2.47 bits per heavy atom. The van der Waals surface area contributed by atoms with E-state index in [2.05, 4.69) is 47.6 Å². The summed E-state index contributed by atoms with van der Waals surface area (Å²) in [5, 5.41) is 10.0. The van der Waals surface area contributed by atoms with Crippen LogP contribution in [0.1, 0.15) is 30.5 Å². The van der Waals surface area contributed by atoms with Crippen LogP contribution in [0.5, 0.6) is 5.75 Å². The van der Waals surface area contributed by atoms with Crippen molar-refractivity contribution in [2.75, 3.05) is 23.5 Å². The molecule has 0 spiro atoms. The van der Waals surface area contributed by atoms with E-state index in [1.807, 2.05) is 42.5 Å². The van der Waals surface area contributed by atoms with E-state index in [1.54, 1.807) is 0 Å². The molecule has 1 N–H and O–H groups in total. The minimum absolute atomic E-state index is 0.177.